The van der Waals surface area contributed by atoms with Crippen molar-refractivity contribution in [3.63, 3.8) is 0 Å². The summed E-state index contributed by atoms with van der Waals surface area (Å²) in [5, 5.41) is 9.26. The molecule has 144 valence electrons. The van der Waals surface area contributed by atoms with E-state index in [-0.39, 0.29) is 23.1 Å². The lowest BCUT2D eigenvalue weighted by atomic mass is 10.1. The van der Waals surface area contributed by atoms with Crippen LogP contribution >= 0.6 is 11.6 Å². The smallest absolute Gasteiger partial charge is 0.285 e. The molecule has 1 unspecified atom stereocenters. The van der Waals surface area contributed by atoms with Crippen LogP contribution in [0.5, 0.6) is 0 Å². The molecule has 1 aromatic heterocycles. The molecule has 1 saturated heterocycles. The Kier molecular flexibility index (Phi) is 6.13. The zero-order valence-corrected chi connectivity index (χ0v) is 16.1. The Labute approximate surface area is 162 Å². The van der Waals surface area contributed by atoms with Crippen LogP contribution in [-0.2, 0) is 11.3 Å². The minimum Gasteiger partial charge on any atom is -0.374 e. The van der Waals surface area contributed by atoms with Crippen LogP contribution in [0.15, 0.2) is 35.3 Å². The van der Waals surface area contributed by atoms with Gasteiger partial charge < -0.3 is 15.0 Å². The van der Waals surface area contributed by atoms with E-state index in [1.165, 1.54) is 6.20 Å². The maximum absolute atomic E-state index is 12.5. The molecule has 2 aromatic rings. The SMILES string of the molecule is CC(C)OCc1ccc(C(=O)NC2CCN(c3cn[nH]c(=O)c3Cl)C2)cc1. The van der Waals surface area contributed by atoms with Gasteiger partial charge in [0.2, 0.25) is 0 Å². The zero-order chi connectivity index (χ0) is 19.4. The van der Waals surface area contributed by atoms with E-state index in [1.807, 2.05) is 30.9 Å². The zero-order valence-electron chi connectivity index (χ0n) is 15.4. The van der Waals surface area contributed by atoms with E-state index in [4.69, 9.17) is 16.3 Å². The Bertz CT molecular complexity index is 851. The van der Waals surface area contributed by atoms with Crippen molar-refractivity contribution in [2.24, 2.45) is 0 Å². The number of aromatic amines is 1. The first kappa shape index (κ1) is 19.4. The minimum absolute atomic E-state index is 0.0168. The first-order valence-electron chi connectivity index (χ1n) is 8.93. The van der Waals surface area contributed by atoms with E-state index in [9.17, 15) is 9.59 Å². The predicted octanol–water partition coefficient (Wildman–Crippen LogP) is 2.36. The number of nitrogens with zero attached hydrogens (tertiary/aromatic N) is 2. The molecule has 1 atom stereocenters. The number of benzene rings is 1. The third kappa shape index (κ3) is 4.87. The first-order chi connectivity index (χ1) is 12.9. The van der Waals surface area contributed by atoms with Gasteiger partial charge in [0, 0.05) is 24.7 Å². The monoisotopic (exact) mass is 390 g/mol. The summed E-state index contributed by atoms with van der Waals surface area (Å²) in [5.41, 5.74) is 1.82. The number of hydrogen-bond acceptors (Lipinski definition) is 5. The number of amides is 1. The van der Waals surface area contributed by atoms with Crippen molar-refractivity contribution < 1.29 is 9.53 Å². The molecular weight excluding hydrogens is 368 g/mol. The van der Waals surface area contributed by atoms with E-state index in [0.29, 0.717) is 30.9 Å². The molecule has 7 nitrogen and oxygen atoms in total. The second-order valence-electron chi connectivity index (χ2n) is 6.86. The van der Waals surface area contributed by atoms with Crippen LogP contribution < -0.4 is 15.8 Å². The first-order valence-corrected chi connectivity index (χ1v) is 9.31. The molecule has 8 heteroatoms. The lowest BCUT2D eigenvalue weighted by Crippen LogP contribution is -2.37. The van der Waals surface area contributed by atoms with Crippen molar-refractivity contribution in [2.75, 3.05) is 18.0 Å². The highest BCUT2D eigenvalue weighted by atomic mass is 35.5. The molecule has 1 aromatic carbocycles. The van der Waals surface area contributed by atoms with E-state index in [1.54, 1.807) is 12.1 Å². The van der Waals surface area contributed by atoms with Crippen LogP contribution in [0.2, 0.25) is 5.02 Å². The topological polar surface area (TPSA) is 87.3 Å². The molecular formula is C19H23ClN4O3. The highest BCUT2D eigenvalue weighted by Gasteiger charge is 2.26. The number of H-pyrrole nitrogens is 1. The van der Waals surface area contributed by atoms with Gasteiger partial charge in [0.15, 0.2) is 0 Å². The highest BCUT2D eigenvalue weighted by molar-refractivity contribution is 6.33. The van der Waals surface area contributed by atoms with Crippen molar-refractivity contribution >= 4 is 23.2 Å². The Balaban J connectivity index is 1.57. The van der Waals surface area contributed by atoms with Gasteiger partial charge in [0.05, 0.1) is 24.6 Å². The van der Waals surface area contributed by atoms with Gasteiger partial charge >= 0.3 is 0 Å². The number of ether oxygens (including phenoxy) is 1. The summed E-state index contributed by atoms with van der Waals surface area (Å²) in [5.74, 6) is -0.117. The van der Waals surface area contributed by atoms with Crippen molar-refractivity contribution in [3.8, 4) is 0 Å². The second kappa shape index (κ2) is 8.54. The molecule has 0 bridgehead atoms. The summed E-state index contributed by atoms with van der Waals surface area (Å²) in [7, 11) is 0. The van der Waals surface area contributed by atoms with Crippen LogP contribution in [0.25, 0.3) is 0 Å². The number of hydrogen-bond donors (Lipinski definition) is 2. The van der Waals surface area contributed by atoms with Crippen molar-refractivity contribution in [2.45, 2.75) is 39.0 Å². The van der Waals surface area contributed by atoms with E-state index < -0.39 is 5.56 Å². The van der Waals surface area contributed by atoms with Crippen molar-refractivity contribution in [1.29, 1.82) is 0 Å². The Morgan fingerprint density at radius 3 is 2.85 bits per heavy atom. The second-order valence-corrected chi connectivity index (χ2v) is 7.24. The molecule has 0 saturated carbocycles. The quantitative estimate of drug-likeness (QED) is 0.790. The highest BCUT2D eigenvalue weighted by Crippen LogP contribution is 2.24. The summed E-state index contributed by atoms with van der Waals surface area (Å²) in [4.78, 5) is 26.0. The molecule has 2 heterocycles. The fraction of sp³-hybridized carbons (Fsp3) is 0.421. The number of halogens is 1. The summed E-state index contributed by atoms with van der Waals surface area (Å²) in [6, 6.07) is 7.40. The Morgan fingerprint density at radius 2 is 2.15 bits per heavy atom. The van der Waals surface area contributed by atoms with Crippen LogP contribution in [0.4, 0.5) is 5.69 Å². The van der Waals surface area contributed by atoms with E-state index in [0.717, 1.165) is 12.0 Å². The van der Waals surface area contributed by atoms with Gasteiger partial charge in [-0.3, -0.25) is 9.59 Å². The molecule has 0 spiro atoms. The molecule has 0 aliphatic carbocycles. The predicted molar refractivity (Wildman–Crippen MR) is 104 cm³/mol. The number of carbonyl (C=O) groups excluding carboxylic acids is 1. The average molecular weight is 391 g/mol. The van der Waals surface area contributed by atoms with Gasteiger partial charge in [0.1, 0.15) is 5.02 Å². The number of rotatable bonds is 6. The van der Waals surface area contributed by atoms with Gasteiger partial charge in [-0.15, -0.1) is 0 Å². The van der Waals surface area contributed by atoms with Crippen LogP contribution in [0.3, 0.4) is 0 Å². The number of nitrogens with one attached hydrogen (secondary N) is 2. The van der Waals surface area contributed by atoms with E-state index in [2.05, 4.69) is 15.5 Å². The summed E-state index contributed by atoms with van der Waals surface area (Å²) >= 11 is 6.06. The summed E-state index contributed by atoms with van der Waals surface area (Å²) in [6.07, 6.45) is 2.48. The molecule has 1 aliphatic heterocycles. The van der Waals surface area contributed by atoms with Crippen LogP contribution in [0.1, 0.15) is 36.2 Å². The summed E-state index contributed by atoms with van der Waals surface area (Å²) < 4.78 is 5.56. The van der Waals surface area contributed by atoms with Gasteiger partial charge in [-0.1, -0.05) is 23.7 Å². The fourth-order valence-corrected chi connectivity index (χ4v) is 3.19. The van der Waals surface area contributed by atoms with Gasteiger partial charge in [-0.2, -0.15) is 5.10 Å². The maximum Gasteiger partial charge on any atom is 0.285 e. The molecule has 1 aliphatic rings. The normalized spacial score (nSPS) is 16.7. The largest absolute Gasteiger partial charge is 0.374 e. The molecule has 2 N–H and O–H groups in total. The van der Waals surface area contributed by atoms with Gasteiger partial charge in [-0.25, -0.2) is 5.10 Å². The lowest BCUT2D eigenvalue weighted by Gasteiger charge is -2.19. The van der Waals surface area contributed by atoms with Crippen molar-refractivity contribution in [3.05, 3.63) is 57.0 Å². The molecule has 3 rings (SSSR count). The van der Waals surface area contributed by atoms with Crippen molar-refractivity contribution in [1.82, 2.24) is 15.5 Å². The number of aromatic nitrogens is 2. The fourth-order valence-electron chi connectivity index (χ4n) is 2.98. The molecule has 1 fully saturated rings. The number of anilines is 1. The molecule has 27 heavy (non-hydrogen) atoms. The molecule has 0 radical (unpaired) electrons. The van der Waals surface area contributed by atoms with Gasteiger partial charge in [0.25, 0.3) is 11.5 Å². The summed E-state index contributed by atoms with van der Waals surface area (Å²) in [6.45, 7) is 5.78. The van der Waals surface area contributed by atoms with Crippen LogP contribution in [0, 0.1) is 0 Å². The van der Waals surface area contributed by atoms with E-state index >= 15 is 0 Å². The standard InChI is InChI=1S/C19H23ClN4O3/c1-12(2)27-11-13-3-5-14(6-4-13)18(25)22-15-7-8-24(10-15)16-9-21-23-19(26)17(16)20/h3-6,9,12,15H,7-8,10-11H2,1-2H3,(H,22,25)(H,23,26). The Hall–Kier alpha value is -2.38. The maximum atomic E-state index is 12.5. The average Bonchev–Trinajstić information content (AvgIpc) is 3.11. The third-order valence-electron chi connectivity index (χ3n) is 4.44. The van der Waals surface area contributed by atoms with Gasteiger partial charge in [-0.05, 0) is 38.0 Å². The Morgan fingerprint density at radius 1 is 1.41 bits per heavy atom. The number of carbonyl (C=O) groups is 1. The minimum atomic E-state index is -0.414. The van der Waals surface area contributed by atoms with Crippen LogP contribution in [-0.4, -0.2) is 41.3 Å². The lowest BCUT2D eigenvalue weighted by molar-refractivity contribution is 0.0656. The molecule has 1 amide bonds. The third-order valence-corrected chi connectivity index (χ3v) is 4.81.